The molecule has 0 aliphatic heterocycles. The number of nitrogens with zero attached hydrogens (tertiary/aromatic N) is 3. The molecule has 0 saturated heterocycles. The summed E-state index contributed by atoms with van der Waals surface area (Å²) in [6.45, 7) is 0. The van der Waals surface area contributed by atoms with Crippen molar-refractivity contribution in [2.24, 2.45) is 7.05 Å². The lowest BCUT2D eigenvalue weighted by Crippen LogP contribution is -2.12. The lowest BCUT2D eigenvalue weighted by atomic mass is 10.6. The number of carbonyl (C=O) groups excluding carboxylic acids is 1. The summed E-state index contributed by atoms with van der Waals surface area (Å²) in [5.41, 5.74) is 0. The zero-order chi connectivity index (χ0) is 8.27. The molecule has 0 radical (unpaired) electrons. The van der Waals surface area contributed by atoms with E-state index in [2.05, 4.69) is 31.6 Å². The summed E-state index contributed by atoms with van der Waals surface area (Å²) in [5, 5.41) is 10.1. The van der Waals surface area contributed by atoms with Crippen LogP contribution < -0.4 is 5.32 Å². The Bertz CT molecular complexity index is 259. The van der Waals surface area contributed by atoms with Crippen molar-refractivity contribution in [3.63, 3.8) is 0 Å². The Morgan fingerprint density at radius 2 is 2.64 bits per heavy atom. The Labute approximate surface area is 71.9 Å². The Morgan fingerprint density at radius 1 is 1.91 bits per heavy atom. The van der Waals surface area contributed by atoms with Crippen molar-refractivity contribution in [3.8, 4) is 0 Å². The van der Waals surface area contributed by atoms with E-state index in [0.29, 0.717) is 5.82 Å². The van der Waals surface area contributed by atoms with E-state index in [4.69, 9.17) is 0 Å². The lowest BCUT2D eigenvalue weighted by Gasteiger charge is -1.93. The minimum absolute atomic E-state index is 0.134. The van der Waals surface area contributed by atoms with Crippen molar-refractivity contribution >= 4 is 27.7 Å². The number of amides is 1. The molecule has 5 nitrogen and oxygen atoms in total. The normalized spacial score (nSPS) is 9.64. The van der Waals surface area contributed by atoms with E-state index in [1.807, 2.05) is 0 Å². The fourth-order valence-electron chi connectivity index (χ4n) is 0.581. The number of carbonyl (C=O) groups is 1. The molecule has 1 aromatic rings. The van der Waals surface area contributed by atoms with Crippen LogP contribution in [0.5, 0.6) is 0 Å². The van der Waals surface area contributed by atoms with Gasteiger partial charge in [0.2, 0.25) is 5.91 Å². The number of anilines is 1. The molecule has 0 saturated carbocycles. The molecule has 0 unspecified atom stereocenters. The zero-order valence-electron chi connectivity index (χ0n) is 5.91. The number of alkyl halides is 1. The average molecular weight is 219 g/mol. The molecule has 0 fully saturated rings. The molecular weight excluding hydrogens is 212 g/mol. The maximum atomic E-state index is 10.8. The molecular formula is C5H7BrN4O. The molecule has 1 N–H and O–H groups in total. The second kappa shape index (κ2) is 3.47. The van der Waals surface area contributed by atoms with Crippen LogP contribution >= 0.6 is 15.9 Å². The van der Waals surface area contributed by atoms with E-state index in [0.717, 1.165) is 0 Å². The molecule has 11 heavy (non-hydrogen) atoms. The number of hydrogen-bond donors (Lipinski definition) is 1. The SMILES string of the molecule is Cn1cc(NC(=O)CBr)nn1. The van der Waals surface area contributed by atoms with E-state index in [9.17, 15) is 4.79 Å². The Morgan fingerprint density at radius 3 is 3.09 bits per heavy atom. The van der Waals surface area contributed by atoms with Gasteiger partial charge in [0.05, 0.1) is 11.5 Å². The first-order valence-corrected chi connectivity index (χ1v) is 4.06. The minimum atomic E-state index is -0.134. The molecule has 1 aromatic heterocycles. The highest BCUT2D eigenvalue weighted by Crippen LogP contribution is 1.98. The molecule has 0 atom stereocenters. The summed E-state index contributed by atoms with van der Waals surface area (Å²) in [5.74, 6) is 0.336. The van der Waals surface area contributed by atoms with E-state index >= 15 is 0 Å². The summed E-state index contributed by atoms with van der Waals surface area (Å²) in [4.78, 5) is 10.8. The number of halogens is 1. The van der Waals surface area contributed by atoms with Crippen LogP contribution in [0.3, 0.4) is 0 Å². The van der Waals surface area contributed by atoms with Gasteiger partial charge < -0.3 is 5.32 Å². The smallest absolute Gasteiger partial charge is 0.236 e. The predicted octanol–water partition coefficient (Wildman–Crippen LogP) is 0.148. The minimum Gasteiger partial charge on any atom is -0.307 e. The number of aromatic nitrogens is 3. The van der Waals surface area contributed by atoms with Crippen molar-refractivity contribution in [1.82, 2.24) is 15.0 Å². The molecule has 6 heteroatoms. The van der Waals surface area contributed by atoms with Gasteiger partial charge in [-0.2, -0.15) is 0 Å². The van der Waals surface area contributed by atoms with E-state index in [-0.39, 0.29) is 11.2 Å². The number of nitrogens with one attached hydrogen (secondary N) is 1. The van der Waals surface area contributed by atoms with Crippen LogP contribution in [-0.4, -0.2) is 26.2 Å². The summed E-state index contributed by atoms with van der Waals surface area (Å²) in [7, 11) is 1.73. The first kappa shape index (κ1) is 8.19. The van der Waals surface area contributed by atoms with E-state index in [1.54, 1.807) is 13.2 Å². The van der Waals surface area contributed by atoms with Gasteiger partial charge in [-0.3, -0.25) is 9.48 Å². The third kappa shape index (κ3) is 2.30. The van der Waals surface area contributed by atoms with Gasteiger partial charge in [-0.05, 0) is 0 Å². The molecule has 0 aliphatic carbocycles. The predicted molar refractivity (Wildman–Crippen MR) is 43.4 cm³/mol. The Hall–Kier alpha value is -0.910. The van der Waals surface area contributed by atoms with Gasteiger partial charge in [-0.15, -0.1) is 5.10 Å². The van der Waals surface area contributed by atoms with Crippen LogP contribution in [-0.2, 0) is 11.8 Å². The van der Waals surface area contributed by atoms with Crippen LogP contribution in [0.4, 0.5) is 5.82 Å². The fourth-order valence-corrected chi connectivity index (χ4v) is 0.721. The van der Waals surface area contributed by atoms with Crippen LogP contribution in [0.15, 0.2) is 6.20 Å². The fraction of sp³-hybridized carbons (Fsp3) is 0.400. The molecule has 1 heterocycles. The highest BCUT2D eigenvalue weighted by molar-refractivity contribution is 9.09. The second-order valence-corrected chi connectivity index (χ2v) is 2.52. The van der Waals surface area contributed by atoms with Crippen LogP contribution in [0.2, 0.25) is 0 Å². The maximum absolute atomic E-state index is 10.8. The van der Waals surface area contributed by atoms with Gasteiger partial charge in [0.25, 0.3) is 0 Å². The van der Waals surface area contributed by atoms with Crippen molar-refractivity contribution in [2.75, 3.05) is 10.6 Å². The molecule has 1 amide bonds. The highest BCUT2D eigenvalue weighted by atomic mass is 79.9. The van der Waals surface area contributed by atoms with Crippen LogP contribution in [0, 0.1) is 0 Å². The van der Waals surface area contributed by atoms with Crippen molar-refractivity contribution in [3.05, 3.63) is 6.20 Å². The summed E-state index contributed by atoms with van der Waals surface area (Å²) < 4.78 is 1.52. The largest absolute Gasteiger partial charge is 0.307 e. The van der Waals surface area contributed by atoms with Gasteiger partial charge in [-0.25, -0.2) is 0 Å². The van der Waals surface area contributed by atoms with Gasteiger partial charge in [0.1, 0.15) is 0 Å². The molecule has 60 valence electrons. The lowest BCUT2D eigenvalue weighted by molar-refractivity contribution is -0.113. The van der Waals surface area contributed by atoms with Crippen LogP contribution in [0.25, 0.3) is 0 Å². The topological polar surface area (TPSA) is 59.8 Å². The standard InChI is InChI=1S/C5H7BrN4O/c1-10-3-4(8-9-10)7-5(11)2-6/h3H,2H2,1H3,(H,7,11). The van der Waals surface area contributed by atoms with Crippen molar-refractivity contribution in [1.29, 1.82) is 0 Å². The summed E-state index contributed by atoms with van der Waals surface area (Å²) >= 11 is 3.01. The maximum Gasteiger partial charge on any atom is 0.236 e. The van der Waals surface area contributed by atoms with Crippen molar-refractivity contribution in [2.45, 2.75) is 0 Å². The monoisotopic (exact) mass is 218 g/mol. The van der Waals surface area contributed by atoms with Crippen LogP contribution in [0.1, 0.15) is 0 Å². The molecule has 0 spiro atoms. The third-order valence-electron chi connectivity index (χ3n) is 0.992. The van der Waals surface area contributed by atoms with Gasteiger partial charge >= 0.3 is 0 Å². The van der Waals surface area contributed by atoms with Gasteiger partial charge in [0, 0.05) is 7.05 Å². The number of rotatable bonds is 2. The first-order chi connectivity index (χ1) is 5.22. The average Bonchev–Trinajstić information content (AvgIpc) is 2.35. The number of aryl methyl sites for hydroxylation is 1. The third-order valence-corrected chi connectivity index (χ3v) is 1.50. The summed E-state index contributed by atoms with van der Waals surface area (Å²) in [6, 6.07) is 0. The van der Waals surface area contributed by atoms with E-state index < -0.39 is 0 Å². The molecule has 1 rings (SSSR count). The Balaban J connectivity index is 2.57. The first-order valence-electron chi connectivity index (χ1n) is 2.94. The molecule has 0 aliphatic rings. The van der Waals surface area contributed by atoms with Crippen molar-refractivity contribution < 1.29 is 4.79 Å². The van der Waals surface area contributed by atoms with E-state index in [1.165, 1.54) is 4.68 Å². The van der Waals surface area contributed by atoms with Gasteiger partial charge in [0.15, 0.2) is 5.82 Å². The summed E-state index contributed by atoms with van der Waals surface area (Å²) in [6.07, 6.45) is 1.63. The number of hydrogen-bond acceptors (Lipinski definition) is 3. The quantitative estimate of drug-likeness (QED) is 0.720. The van der Waals surface area contributed by atoms with Gasteiger partial charge in [-0.1, -0.05) is 21.1 Å². The second-order valence-electron chi connectivity index (χ2n) is 1.96. The molecule has 0 aromatic carbocycles. The Kier molecular flexibility index (Phi) is 2.58. The zero-order valence-corrected chi connectivity index (χ0v) is 7.50. The highest BCUT2D eigenvalue weighted by Gasteiger charge is 2.01. The molecule has 0 bridgehead atoms.